The van der Waals surface area contributed by atoms with Gasteiger partial charge in [-0.2, -0.15) is 0 Å². The monoisotopic (exact) mass is 410 g/mol. The molecule has 3 aromatic rings. The van der Waals surface area contributed by atoms with E-state index in [1.807, 2.05) is 41.8 Å². The van der Waals surface area contributed by atoms with Crippen LogP contribution in [0.3, 0.4) is 0 Å². The highest BCUT2D eigenvalue weighted by Crippen LogP contribution is 2.26. The number of rotatable bonds is 6. The lowest BCUT2D eigenvalue weighted by molar-refractivity contribution is -0.128. The van der Waals surface area contributed by atoms with Crippen LogP contribution in [0.25, 0.3) is 0 Å². The molecule has 0 bridgehead atoms. The lowest BCUT2D eigenvalue weighted by Gasteiger charge is -2.24. The van der Waals surface area contributed by atoms with Crippen molar-refractivity contribution < 1.29 is 18.8 Å². The molecule has 2 heterocycles. The molecule has 1 aliphatic rings. The molecule has 148 valence electrons. The summed E-state index contributed by atoms with van der Waals surface area (Å²) in [5.74, 6) is 0.169. The fourth-order valence-electron chi connectivity index (χ4n) is 3.14. The van der Waals surface area contributed by atoms with Gasteiger partial charge in [-0.05, 0) is 47.8 Å². The Kier molecular flexibility index (Phi) is 5.57. The zero-order valence-electron chi connectivity index (χ0n) is 15.7. The minimum Gasteiger partial charge on any atom is -0.497 e. The van der Waals surface area contributed by atoms with E-state index in [-0.39, 0.29) is 11.7 Å². The van der Waals surface area contributed by atoms with Gasteiger partial charge in [-0.1, -0.05) is 23.4 Å². The topological polar surface area (TPSA) is 51.1 Å². The van der Waals surface area contributed by atoms with E-state index in [0.717, 1.165) is 10.6 Å². The molecule has 0 saturated carbocycles. The highest BCUT2D eigenvalue weighted by Gasteiger charge is 2.33. The van der Waals surface area contributed by atoms with Gasteiger partial charge in [0.2, 0.25) is 6.10 Å². The first-order chi connectivity index (χ1) is 14.1. The number of thiophene rings is 1. The van der Waals surface area contributed by atoms with Crippen LogP contribution in [-0.2, 0) is 16.2 Å². The van der Waals surface area contributed by atoms with E-state index in [4.69, 9.17) is 9.57 Å². The molecule has 1 unspecified atom stereocenters. The summed E-state index contributed by atoms with van der Waals surface area (Å²) in [5.41, 5.74) is 1.93. The number of ether oxygens (including phenoxy) is 1. The van der Waals surface area contributed by atoms with E-state index >= 15 is 0 Å². The maximum Gasteiger partial charge on any atom is 0.271 e. The zero-order chi connectivity index (χ0) is 20.2. The summed E-state index contributed by atoms with van der Waals surface area (Å²) in [6, 6.07) is 17.4. The SMILES string of the molecule is COc1ccc(N(Cc2cccs2)C(=O)C2CC(c3cccc(F)c3)=NO2)cc1. The Balaban J connectivity index is 1.55. The number of halogens is 1. The van der Waals surface area contributed by atoms with Gasteiger partial charge in [0.05, 0.1) is 19.4 Å². The first-order valence-corrected chi connectivity index (χ1v) is 9.98. The average molecular weight is 410 g/mol. The van der Waals surface area contributed by atoms with E-state index in [1.54, 1.807) is 35.5 Å². The number of benzene rings is 2. The van der Waals surface area contributed by atoms with Crippen molar-refractivity contribution in [3.63, 3.8) is 0 Å². The van der Waals surface area contributed by atoms with Crippen LogP contribution in [0.5, 0.6) is 5.75 Å². The van der Waals surface area contributed by atoms with Gasteiger partial charge in [0.15, 0.2) is 0 Å². The number of amides is 1. The third-order valence-electron chi connectivity index (χ3n) is 4.65. The predicted molar refractivity (Wildman–Crippen MR) is 111 cm³/mol. The molecule has 0 saturated heterocycles. The van der Waals surface area contributed by atoms with Crippen molar-refractivity contribution >= 4 is 28.6 Å². The molecule has 0 fully saturated rings. The molecule has 1 aliphatic heterocycles. The number of oxime groups is 1. The Labute approximate surface area is 172 Å². The van der Waals surface area contributed by atoms with Gasteiger partial charge in [-0.15, -0.1) is 11.3 Å². The maximum absolute atomic E-state index is 13.5. The minimum atomic E-state index is -0.754. The van der Waals surface area contributed by atoms with E-state index in [0.29, 0.717) is 30.0 Å². The molecule has 0 spiro atoms. The van der Waals surface area contributed by atoms with Gasteiger partial charge >= 0.3 is 0 Å². The summed E-state index contributed by atoms with van der Waals surface area (Å²) in [6.07, 6.45) is -0.463. The predicted octanol–water partition coefficient (Wildman–Crippen LogP) is 4.62. The van der Waals surface area contributed by atoms with E-state index in [2.05, 4.69) is 5.16 Å². The number of nitrogens with zero attached hydrogens (tertiary/aromatic N) is 2. The van der Waals surface area contributed by atoms with Crippen LogP contribution in [0.4, 0.5) is 10.1 Å². The van der Waals surface area contributed by atoms with Crippen LogP contribution in [-0.4, -0.2) is 24.8 Å². The molecule has 1 amide bonds. The smallest absolute Gasteiger partial charge is 0.271 e. The van der Waals surface area contributed by atoms with Crippen molar-refractivity contribution in [1.29, 1.82) is 0 Å². The first kappa shape index (κ1) is 19.1. The summed E-state index contributed by atoms with van der Waals surface area (Å²) < 4.78 is 18.7. The molecule has 0 aliphatic carbocycles. The fraction of sp³-hybridized carbons (Fsp3) is 0.182. The molecule has 2 aromatic carbocycles. The van der Waals surface area contributed by atoms with E-state index in [1.165, 1.54) is 12.1 Å². The fourth-order valence-corrected chi connectivity index (χ4v) is 3.83. The Morgan fingerprint density at radius 1 is 1.24 bits per heavy atom. The van der Waals surface area contributed by atoms with Crippen LogP contribution in [0, 0.1) is 5.82 Å². The summed E-state index contributed by atoms with van der Waals surface area (Å²) in [6.45, 7) is 0.429. The van der Waals surface area contributed by atoms with Crippen molar-refractivity contribution in [3.05, 3.63) is 82.3 Å². The molecule has 7 heteroatoms. The molecular weight excluding hydrogens is 391 g/mol. The van der Waals surface area contributed by atoms with Crippen molar-refractivity contribution in [2.45, 2.75) is 19.1 Å². The van der Waals surface area contributed by atoms with Gasteiger partial charge < -0.3 is 14.5 Å². The average Bonchev–Trinajstić information content (AvgIpc) is 3.44. The van der Waals surface area contributed by atoms with Crippen molar-refractivity contribution in [1.82, 2.24) is 0 Å². The Bertz CT molecular complexity index is 1020. The summed E-state index contributed by atoms with van der Waals surface area (Å²) in [7, 11) is 1.60. The quantitative estimate of drug-likeness (QED) is 0.596. The minimum absolute atomic E-state index is 0.196. The number of anilines is 1. The van der Waals surface area contributed by atoms with Gasteiger partial charge in [-0.25, -0.2) is 4.39 Å². The number of hydrogen-bond acceptors (Lipinski definition) is 5. The van der Waals surface area contributed by atoms with Gasteiger partial charge in [0, 0.05) is 22.5 Å². The second kappa shape index (κ2) is 8.45. The number of carbonyl (C=O) groups excluding carboxylic acids is 1. The molecule has 29 heavy (non-hydrogen) atoms. The summed E-state index contributed by atoms with van der Waals surface area (Å²) >= 11 is 1.58. The van der Waals surface area contributed by atoms with Crippen molar-refractivity contribution in [2.24, 2.45) is 5.16 Å². The number of carbonyl (C=O) groups is 1. The highest BCUT2D eigenvalue weighted by atomic mass is 32.1. The summed E-state index contributed by atoms with van der Waals surface area (Å²) in [4.78, 5) is 21.5. The van der Waals surface area contributed by atoms with Crippen LogP contribution in [0.15, 0.2) is 71.2 Å². The van der Waals surface area contributed by atoms with E-state index in [9.17, 15) is 9.18 Å². The van der Waals surface area contributed by atoms with Gasteiger partial charge in [0.1, 0.15) is 11.6 Å². The van der Waals surface area contributed by atoms with Crippen LogP contribution >= 0.6 is 11.3 Å². The third kappa shape index (κ3) is 4.30. The van der Waals surface area contributed by atoms with E-state index < -0.39 is 6.10 Å². The number of hydrogen-bond donors (Lipinski definition) is 0. The van der Waals surface area contributed by atoms with Crippen molar-refractivity contribution in [2.75, 3.05) is 12.0 Å². The molecule has 0 N–H and O–H groups in total. The normalized spacial score (nSPS) is 15.5. The van der Waals surface area contributed by atoms with Crippen LogP contribution in [0.2, 0.25) is 0 Å². The van der Waals surface area contributed by atoms with Crippen molar-refractivity contribution in [3.8, 4) is 5.75 Å². The lowest BCUT2D eigenvalue weighted by atomic mass is 10.0. The first-order valence-electron chi connectivity index (χ1n) is 9.10. The third-order valence-corrected chi connectivity index (χ3v) is 5.51. The largest absolute Gasteiger partial charge is 0.497 e. The Morgan fingerprint density at radius 3 is 2.76 bits per heavy atom. The lowest BCUT2D eigenvalue weighted by Crippen LogP contribution is -2.39. The molecule has 4 rings (SSSR count). The molecular formula is C22H19FN2O3S. The van der Waals surface area contributed by atoms with Gasteiger partial charge in [0.25, 0.3) is 5.91 Å². The maximum atomic E-state index is 13.5. The molecule has 5 nitrogen and oxygen atoms in total. The Morgan fingerprint density at radius 2 is 2.07 bits per heavy atom. The summed E-state index contributed by atoms with van der Waals surface area (Å²) in [5, 5.41) is 6.01. The molecule has 1 aromatic heterocycles. The molecule has 0 radical (unpaired) electrons. The second-order valence-electron chi connectivity index (χ2n) is 6.55. The standard InChI is InChI=1S/C22H19FN2O3S/c1-27-18-9-7-17(8-10-18)25(14-19-6-3-11-29-19)22(26)21-13-20(24-28-21)15-4-2-5-16(23)12-15/h2-12,21H,13-14H2,1H3. The van der Waals surface area contributed by atoms with Gasteiger partial charge in [-0.3, -0.25) is 4.79 Å². The zero-order valence-corrected chi connectivity index (χ0v) is 16.6. The second-order valence-corrected chi connectivity index (χ2v) is 7.58. The van der Waals surface area contributed by atoms with Crippen LogP contribution in [0.1, 0.15) is 16.9 Å². The van der Waals surface area contributed by atoms with Crippen LogP contribution < -0.4 is 9.64 Å². The number of methoxy groups -OCH3 is 1. The Hall–Kier alpha value is -3.19. The molecule has 1 atom stereocenters. The highest BCUT2D eigenvalue weighted by molar-refractivity contribution is 7.09.